The number of amides is 1. The predicted molar refractivity (Wildman–Crippen MR) is 68.0 cm³/mol. The zero-order valence-electron chi connectivity index (χ0n) is 10.1. The van der Waals surface area contributed by atoms with Crippen LogP contribution >= 0.6 is 0 Å². The third-order valence-electron chi connectivity index (χ3n) is 2.62. The predicted octanol–water partition coefficient (Wildman–Crippen LogP) is 0.668. The van der Waals surface area contributed by atoms with Crippen molar-refractivity contribution in [2.24, 2.45) is 0 Å². The van der Waals surface area contributed by atoms with Crippen LogP contribution in [0.15, 0.2) is 24.5 Å². The highest BCUT2D eigenvalue weighted by molar-refractivity contribution is 5.99. The maximum Gasteiger partial charge on any atom is 0.256 e. The summed E-state index contributed by atoms with van der Waals surface area (Å²) in [5, 5.41) is 9.27. The van der Waals surface area contributed by atoms with Crippen LogP contribution in [0, 0.1) is 6.92 Å². The van der Waals surface area contributed by atoms with Crippen LogP contribution in [-0.4, -0.2) is 27.6 Å². The van der Waals surface area contributed by atoms with E-state index in [2.05, 4.69) is 20.5 Å². The fourth-order valence-corrected chi connectivity index (χ4v) is 1.69. The Kier molecular flexibility index (Phi) is 3.57. The second-order valence-electron chi connectivity index (χ2n) is 3.98. The second kappa shape index (κ2) is 5.31. The first-order valence-corrected chi connectivity index (χ1v) is 5.66. The van der Waals surface area contributed by atoms with Crippen LogP contribution in [0.5, 0.6) is 0 Å². The van der Waals surface area contributed by atoms with Crippen molar-refractivity contribution in [3.63, 3.8) is 0 Å². The number of nitrogen functional groups attached to an aromatic ring is 1. The average Bonchev–Trinajstić information content (AvgIpc) is 2.70. The zero-order valence-corrected chi connectivity index (χ0v) is 10.1. The molecule has 6 nitrogen and oxygen atoms in total. The standard InChI is InChI=1S/C12H15N5O/c1-8-10(11(13)17-16-8)12(18)15-6-4-9-3-2-5-14-7-9/h2-3,5,7H,4,6H2,1H3,(H,15,18)(H3,13,16,17). The number of pyridine rings is 1. The van der Waals surface area contributed by atoms with E-state index in [1.165, 1.54) is 0 Å². The van der Waals surface area contributed by atoms with Gasteiger partial charge in [0, 0.05) is 24.6 Å². The third-order valence-corrected chi connectivity index (χ3v) is 2.62. The Morgan fingerprint density at radius 2 is 2.39 bits per heavy atom. The van der Waals surface area contributed by atoms with Crippen molar-refractivity contribution in [2.45, 2.75) is 13.3 Å². The number of hydrogen-bond donors (Lipinski definition) is 3. The van der Waals surface area contributed by atoms with Crippen molar-refractivity contribution in [3.8, 4) is 0 Å². The highest BCUT2D eigenvalue weighted by Crippen LogP contribution is 2.11. The van der Waals surface area contributed by atoms with Crippen LogP contribution in [0.3, 0.4) is 0 Å². The monoisotopic (exact) mass is 245 g/mol. The first kappa shape index (κ1) is 12.1. The van der Waals surface area contributed by atoms with Gasteiger partial charge in [-0.1, -0.05) is 6.07 Å². The molecule has 0 aliphatic carbocycles. The number of aromatic nitrogens is 3. The van der Waals surface area contributed by atoms with Gasteiger partial charge < -0.3 is 11.1 Å². The molecule has 0 radical (unpaired) electrons. The van der Waals surface area contributed by atoms with Crippen molar-refractivity contribution in [2.75, 3.05) is 12.3 Å². The minimum Gasteiger partial charge on any atom is -0.382 e. The van der Waals surface area contributed by atoms with Gasteiger partial charge in [0.05, 0.1) is 0 Å². The fourth-order valence-electron chi connectivity index (χ4n) is 1.69. The Labute approximate surface area is 105 Å². The molecule has 94 valence electrons. The molecular weight excluding hydrogens is 230 g/mol. The highest BCUT2D eigenvalue weighted by atomic mass is 16.1. The van der Waals surface area contributed by atoms with E-state index < -0.39 is 0 Å². The summed E-state index contributed by atoms with van der Waals surface area (Å²) in [6.45, 7) is 2.30. The Morgan fingerprint density at radius 1 is 1.56 bits per heavy atom. The number of hydrogen-bond acceptors (Lipinski definition) is 4. The molecule has 4 N–H and O–H groups in total. The molecule has 6 heteroatoms. The van der Waals surface area contributed by atoms with E-state index in [0.29, 0.717) is 17.8 Å². The molecule has 0 saturated carbocycles. The Bertz CT molecular complexity index is 515. The largest absolute Gasteiger partial charge is 0.382 e. The minimum absolute atomic E-state index is 0.206. The molecule has 2 aromatic heterocycles. The van der Waals surface area contributed by atoms with E-state index in [0.717, 1.165) is 12.0 Å². The number of nitrogens with one attached hydrogen (secondary N) is 2. The second-order valence-corrected chi connectivity index (χ2v) is 3.98. The number of carbonyl (C=O) groups excluding carboxylic acids is 1. The summed E-state index contributed by atoms with van der Waals surface area (Å²) in [6.07, 6.45) is 4.23. The number of H-pyrrole nitrogens is 1. The van der Waals surface area contributed by atoms with Gasteiger partial charge in [0.2, 0.25) is 0 Å². The van der Waals surface area contributed by atoms with Gasteiger partial charge in [-0.25, -0.2) is 0 Å². The molecule has 18 heavy (non-hydrogen) atoms. The third kappa shape index (κ3) is 2.65. The Hall–Kier alpha value is -2.37. The summed E-state index contributed by atoms with van der Waals surface area (Å²) in [5.41, 5.74) is 7.78. The van der Waals surface area contributed by atoms with Crippen LogP contribution in [0.25, 0.3) is 0 Å². The average molecular weight is 245 g/mol. The fraction of sp³-hybridized carbons (Fsp3) is 0.250. The summed E-state index contributed by atoms with van der Waals surface area (Å²) in [7, 11) is 0. The molecule has 0 bridgehead atoms. The quantitative estimate of drug-likeness (QED) is 0.737. The molecule has 0 saturated heterocycles. The molecule has 1 amide bonds. The SMILES string of the molecule is Cc1[nH]nc(N)c1C(=O)NCCc1cccnc1. The molecule has 0 unspecified atom stereocenters. The number of nitrogens with zero attached hydrogens (tertiary/aromatic N) is 2. The van der Waals surface area contributed by atoms with E-state index in [-0.39, 0.29) is 11.7 Å². The zero-order chi connectivity index (χ0) is 13.0. The molecule has 0 aliphatic heterocycles. The summed E-state index contributed by atoms with van der Waals surface area (Å²) < 4.78 is 0. The number of anilines is 1. The summed E-state index contributed by atoms with van der Waals surface area (Å²) >= 11 is 0. The van der Waals surface area contributed by atoms with Gasteiger partial charge in [0.15, 0.2) is 5.82 Å². The summed E-state index contributed by atoms with van der Waals surface area (Å²) in [5.74, 6) is 0.0222. The van der Waals surface area contributed by atoms with Crippen molar-refractivity contribution in [3.05, 3.63) is 41.3 Å². The van der Waals surface area contributed by atoms with Gasteiger partial charge in [-0.2, -0.15) is 5.10 Å². The van der Waals surface area contributed by atoms with E-state index in [9.17, 15) is 4.79 Å². The van der Waals surface area contributed by atoms with Crippen LogP contribution in [-0.2, 0) is 6.42 Å². The normalized spacial score (nSPS) is 10.3. The molecule has 0 atom stereocenters. The topological polar surface area (TPSA) is 96.7 Å². The summed E-state index contributed by atoms with van der Waals surface area (Å²) in [6, 6.07) is 3.84. The van der Waals surface area contributed by atoms with Crippen molar-refractivity contribution >= 4 is 11.7 Å². The van der Waals surface area contributed by atoms with Gasteiger partial charge in [-0.05, 0) is 25.0 Å². The van der Waals surface area contributed by atoms with Crippen LogP contribution < -0.4 is 11.1 Å². The molecule has 2 aromatic rings. The van der Waals surface area contributed by atoms with Crippen LogP contribution in [0.2, 0.25) is 0 Å². The lowest BCUT2D eigenvalue weighted by molar-refractivity contribution is 0.0954. The Morgan fingerprint density at radius 3 is 3.00 bits per heavy atom. The lowest BCUT2D eigenvalue weighted by Gasteiger charge is -2.05. The maximum absolute atomic E-state index is 11.9. The van der Waals surface area contributed by atoms with Gasteiger partial charge in [-0.15, -0.1) is 0 Å². The first-order valence-electron chi connectivity index (χ1n) is 5.66. The van der Waals surface area contributed by atoms with E-state index in [1.807, 2.05) is 12.1 Å². The molecular formula is C12H15N5O. The van der Waals surface area contributed by atoms with Crippen LogP contribution in [0.4, 0.5) is 5.82 Å². The number of nitrogens with two attached hydrogens (primary N) is 1. The molecule has 0 spiro atoms. The maximum atomic E-state index is 11.9. The number of aromatic amines is 1. The molecule has 2 heterocycles. The lowest BCUT2D eigenvalue weighted by atomic mass is 10.2. The lowest BCUT2D eigenvalue weighted by Crippen LogP contribution is -2.26. The van der Waals surface area contributed by atoms with E-state index in [1.54, 1.807) is 19.3 Å². The molecule has 2 rings (SSSR count). The minimum atomic E-state index is -0.206. The van der Waals surface area contributed by atoms with E-state index >= 15 is 0 Å². The molecule has 0 fully saturated rings. The number of aryl methyl sites for hydroxylation is 1. The van der Waals surface area contributed by atoms with Gasteiger partial charge in [-0.3, -0.25) is 14.9 Å². The summed E-state index contributed by atoms with van der Waals surface area (Å²) in [4.78, 5) is 15.9. The molecule has 0 aromatic carbocycles. The van der Waals surface area contributed by atoms with Gasteiger partial charge >= 0.3 is 0 Å². The number of carbonyl (C=O) groups is 1. The van der Waals surface area contributed by atoms with E-state index in [4.69, 9.17) is 5.73 Å². The molecule has 0 aliphatic rings. The van der Waals surface area contributed by atoms with Crippen molar-refractivity contribution < 1.29 is 4.79 Å². The van der Waals surface area contributed by atoms with Gasteiger partial charge in [0.25, 0.3) is 5.91 Å². The highest BCUT2D eigenvalue weighted by Gasteiger charge is 2.15. The van der Waals surface area contributed by atoms with Gasteiger partial charge in [0.1, 0.15) is 5.56 Å². The number of rotatable bonds is 4. The van der Waals surface area contributed by atoms with Crippen LogP contribution in [0.1, 0.15) is 21.6 Å². The van der Waals surface area contributed by atoms with Crippen molar-refractivity contribution in [1.29, 1.82) is 0 Å². The Balaban J connectivity index is 1.90. The first-order chi connectivity index (χ1) is 8.68. The smallest absolute Gasteiger partial charge is 0.256 e. The van der Waals surface area contributed by atoms with Crippen molar-refractivity contribution in [1.82, 2.24) is 20.5 Å².